The van der Waals surface area contributed by atoms with E-state index in [4.69, 9.17) is 0 Å². The zero-order valence-corrected chi connectivity index (χ0v) is 8.02. The molecule has 0 amide bonds. The molecule has 0 saturated carbocycles. The first-order valence-electron chi connectivity index (χ1n) is 4.60. The van der Waals surface area contributed by atoms with Crippen molar-refractivity contribution in [2.24, 2.45) is 5.18 Å². The molecule has 0 aliphatic heterocycles. The van der Waals surface area contributed by atoms with E-state index in [0.717, 1.165) is 5.56 Å². The van der Waals surface area contributed by atoms with Crippen LogP contribution in [0, 0.1) is 4.91 Å². The lowest BCUT2D eigenvalue weighted by molar-refractivity contribution is 0.574. The first kappa shape index (κ1) is 9.51. The van der Waals surface area contributed by atoms with Crippen LogP contribution in [0.1, 0.15) is 11.6 Å². The lowest BCUT2D eigenvalue weighted by Gasteiger charge is -2.08. The number of aromatic nitrogens is 3. The van der Waals surface area contributed by atoms with E-state index >= 15 is 0 Å². The van der Waals surface area contributed by atoms with Crippen LogP contribution in [-0.2, 0) is 6.54 Å². The first-order valence-corrected chi connectivity index (χ1v) is 4.60. The zero-order valence-electron chi connectivity index (χ0n) is 8.02. The molecule has 0 aliphatic carbocycles. The molecule has 0 saturated heterocycles. The summed E-state index contributed by atoms with van der Waals surface area (Å²) in [5.41, 5.74) is 0.904. The van der Waals surface area contributed by atoms with Crippen LogP contribution in [-0.4, -0.2) is 14.8 Å². The molecule has 1 aromatic carbocycles. The zero-order chi connectivity index (χ0) is 10.5. The molecule has 0 aliphatic rings. The highest BCUT2D eigenvalue weighted by Gasteiger charge is 2.11. The summed E-state index contributed by atoms with van der Waals surface area (Å²) in [6, 6.07) is 9.07. The second kappa shape index (κ2) is 4.45. The Balaban J connectivity index is 2.15. The molecular weight excluding hydrogens is 192 g/mol. The summed E-state index contributed by atoms with van der Waals surface area (Å²) in [4.78, 5) is 10.7. The molecule has 15 heavy (non-hydrogen) atoms. The number of rotatable bonds is 4. The number of hydrogen-bond donors (Lipinski definition) is 0. The second-order valence-corrected chi connectivity index (χ2v) is 3.19. The molecule has 76 valence electrons. The molecule has 1 heterocycles. The van der Waals surface area contributed by atoms with Crippen LogP contribution in [0.2, 0.25) is 0 Å². The van der Waals surface area contributed by atoms with Crippen LogP contribution in [0.5, 0.6) is 0 Å². The smallest absolute Gasteiger partial charge is 0.135 e. The van der Waals surface area contributed by atoms with Gasteiger partial charge in [-0.25, -0.2) is 0 Å². The summed E-state index contributed by atoms with van der Waals surface area (Å²) in [6.45, 7) is 0.473. The van der Waals surface area contributed by atoms with E-state index in [1.54, 1.807) is 17.2 Å². The van der Waals surface area contributed by atoms with Gasteiger partial charge < -0.3 is 4.57 Å². The summed E-state index contributed by atoms with van der Waals surface area (Å²) in [5.74, 6) is 0. The topological polar surface area (TPSA) is 60.1 Å². The third-order valence-electron chi connectivity index (χ3n) is 2.16. The predicted molar refractivity (Wildman–Crippen MR) is 55.0 cm³/mol. The Morgan fingerprint density at radius 1 is 1.20 bits per heavy atom. The van der Waals surface area contributed by atoms with Gasteiger partial charge in [0.15, 0.2) is 0 Å². The predicted octanol–water partition coefficient (Wildman–Crippen LogP) is 1.79. The average molecular weight is 202 g/mol. The maximum atomic E-state index is 10.7. The average Bonchev–Trinajstić information content (AvgIpc) is 2.80. The van der Waals surface area contributed by atoms with Crippen LogP contribution in [0.25, 0.3) is 0 Å². The van der Waals surface area contributed by atoms with Crippen molar-refractivity contribution in [3.63, 3.8) is 0 Å². The van der Waals surface area contributed by atoms with Crippen LogP contribution >= 0.6 is 0 Å². The number of nitrogens with zero attached hydrogens (tertiary/aromatic N) is 4. The van der Waals surface area contributed by atoms with Crippen molar-refractivity contribution in [2.45, 2.75) is 12.6 Å². The van der Waals surface area contributed by atoms with Gasteiger partial charge in [0.25, 0.3) is 0 Å². The van der Waals surface area contributed by atoms with Gasteiger partial charge >= 0.3 is 0 Å². The molecule has 2 aromatic rings. The van der Waals surface area contributed by atoms with Gasteiger partial charge in [-0.05, 0) is 5.56 Å². The lowest BCUT2D eigenvalue weighted by atomic mass is 10.1. The molecule has 0 N–H and O–H groups in total. The van der Waals surface area contributed by atoms with Gasteiger partial charge in [0, 0.05) is 0 Å². The highest BCUT2D eigenvalue weighted by molar-refractivity contribution is 5.18. The van der Waals surface area contributed by atoms with Crippen molar-refractivity contribution < 1.29 is 0 Å². The Labute approximate surface area is 86.7 Å². The van der Waals surface area contributed by atoms with E-state index in [9.17, 15) is 4.91 Å². The summed E-state index contributed by atoms with van der Waals surface area (Å²) in [6.07, 6.45) is 3.14. The van der Waals surface area contributed by atoms with E-state index in [2.05, 4.69) is 15.4 Å². The van der Waals surface area contributed by atoms with Crippen molar-refractivity contribution in [2.75, 3.05) is 0 Å². The van der Waals surface area contributed by atoms with Crippen LogP contribution in [0.3, 0.4) is 0 Å². The van der Waals surface area contributed by atoms with Gasteiger partial charge in [0.2, 0.25) is 0 Å². The molecule has 0 bridgehead atoms. The molecule has 0 spiro atoms. The maximum Gasteiger partial charge on any atom is 0.135 e. The Morgan fingerprint density at radius 3 is 2.47 bits per heavy atom. The van der Waals surface area contributed by atoms with Crippen molar-refractivity contribution in [3.05, 3.63) is 53.5 Å². The molecule has 1 aromatic heterocycles. The monoisotopic (exact) mass is 202 g/mol. The number of nitroso groups, excluding NO2 is 1. The molecule has 2 rings (SSSR count). The summed E-state index contributed by atoms with van der Waals surface area (Å²) in [5, 5.41) is 10.5. The minimum absolute atomic E-state index is 0.387. The third-order valence-corrected chi connectivity index (χ3v) is 2.16. The second-order valence-electron chi connectivity index (χ2n) is 3.19. The highest BCUT2D eigenvalue weighted by atomic mass is 16.3. The molecule has 0 radical (unpaired) electrons. The molecule has 1 unspecified atom stereocenters. The Bertz CT molecular complexity index is 412. The van der Waals surface area contributed by atoms with Crippen molar-refractivity contribution in [1.29, 1.82) is 0 Å². The maximum absolute atomic E-state index is 10.7. The molecule has 1 atom stereocenters. The third kappa shape index (κ3) is 2.25. The van der Waals surface area contributed by atoms with Crippen LogP contribution < -0.4 is 0 Å². The van der Waals surface area contributed by atoms with Gasteiger partial charge in [-0.15, -0.1) is 10.2 Å². The summed E-state index contributed by atoms with van der Waals surface area (Å²) < 4.78 is 1.74. The minimum Gasteiger partial charge on any atom is -0.318 e. The molecule has 5 nitrogen and oxygen atoms in total. The van der Waals surface area contributed by atoms with Crippen molar-refractivity contribution >= 4 is 0 Å². The Hall–Kier alpha value is -2.04. The fourth-order valence-electron chi connectivity index (χ4n) is 1.39. The van der Waals surface area contributed by atoms with Crippen molar-refractivity contribution in [1.82, 2.24) is 14.8 Å². The summed E-state index contributed by atoms with van der Waals surface area (Å²) >= 11 is 0. The van der Waals surface area contributed by atoms with Gasteiger partial charge in [0.05, 0.1) is 6.54 Å². The van der Waals surface area contributed by atoms with E-state index in [1.807, 2.05) is 30.3 Å². The quantitative estimate of drug-likeness (QED) is 0.710. The Kier molecular flexibility index (Phi) is 2.82. The van der Waals surface area contributed by atoms with E-state index < -0.39 is 0 Å². The summed E-state index contributed by atoms with van der Waals surface area (Å²) in [7, 11) is 0. The Morgan fingerprint density at radius 2 is 1.87 bits per heavy atom. The lowest BCUT2D eigenvalue weighted by Crippen LogP contribution is -2.05. The fourth-order valence-corrected chi connectivity index (χ4v) is 1.39. The standard InChI is InChI=1S/C10H10N4O/c15-13-10(6-14-7-11-12-8-14)9-4-2-1-3-5-9/h1-5,7-8,10H,6H2. The SMILES string of the molecule is O=NC(Cn1cnnc1)c1ccccc1. The van der Waals surface area contributed by atoms with Crippen LogP contribution in [0.4, 0.5) is 0 Å². The van der Waals surface area contributed by atoms with Crippen LogP contribution in [0.15, 0.2) is 48.2 Å². The van der Waals surface area contributed by atoms with E-state index in [-0.39, 0.29) is 6.04 Å². The van der Waals surface area contributed by atoms with Crippen molar-refractivity contribution in [3.8, 4) is 0 Å². The van der Waals surface area contributed by atoms with E-state index in [1.165, 1.54) is 0 Å². The molecule has 0 fully saturated rings. The van der Waals surface area contributed by atoms with Gasteiger partial charge in [-0.1, -0.05) is 35.5 Å². The molecular formula is C10H10N4O. The first-order chi connectivity index (χ1) is 7.40. The fraction of sp³-hybridized carbons (Fsp3) is 0.200. The van der Waals surface area contributed by atoms with Gasteiger partial charge in [0.1, 0.15) is 18.7 Å². The van der Waals surface area contributed by atoms with Gasteiger partial charge in [-0.2, -0.15) is 4.91 Å². The minimum atomic E-state index is -0.387. The van der Waals surface area contributed by atoms with Gasteiger partial charge in [-0.3, -0.25) is 0 Å². The normalized spacial score (nSPS) is 12.3. The van der Waals surface area contributed by atoms with E-state index in [0.29, 0.717) is 6.54 Å². The largest absolute Gasteiger partial charge is 0.318 e. The number of benzene rings is 1. The number of hydrogen-bond acceptors (Lipinski definition) is 4. The highest BCUT2D eigenvalue weighted by Crippen LogP contribution is 2.18. The molecule has 5 heteroatoms.